The predicted molar refractivity (Wildman–Crippen MR) is 90.5 cm³/mol. The van der Waals surface area contributed by atoms with Crippen molar-refractivity contribution in [3.63, 3.8) is 0 Å². The minimum absolute atomic E-state index is 0.106. The standard InChI is InChI=1S/C17H27N5O/c1-18-16(23)12-22-9-6-13(7-10-22)11-21(2)15-5-8-19-17(20-15)14-3-4-14/h5,8,13-14H,3-4,6-7,9-12H2,1-2H3,(H,18,23). The fourth-order valence-electron chi connectivity index (χ4n) is 3.20. The van der Waals surface area contributed by atoms with Crippen LogP contribution in [0.2, 0.25) is 0 Å². The normalized spacial score (nSPS) is 19.6. The van der Waals surface area contributed by atoms with Crippen LogP contribution in [0.4, 0.5) is 5.82 Å². The summed E-state index contributed by atoms with van der Waals surface area (Å²) in [6.07, 6.45) is 6.64. The van der Waals surface area contributed by atoms with Crippen molar-refractivity contribution in [2.75, 3.05) is 45.2 Å². The fraction of sp³-hybridized carbons (Fsp3) is 0.706. The van der Waals surface area contributed by atoms with Gasteiger partial charge in [-0.05, 0) is 50.8 Å². The molecule has 0 spiro atoms. The van der Waals surface area contributed by atoms with Crippen LogP contribution in [0.25, 0.3) is 0 Å². The Bertz CT molecular complexity index is 538. The van der Waals surface area contributed by atoms with Crippen LogP contribution < -0.4 is 10.2 Å². The first-order valence-electron chi connectivity index (χ1n) is 8.62. The molecule has 1 N–H and O–H groups in total. The van der Waals surface area contributed by atoms with Crippen LogP contribution in [0.15, 0.2) is 12.3 Å². The third-order valence-corrected chi connectivity index (χ3v) is 4.88. The van der Waals surface area contributed by atoms with Crippen LogP contribution in [0, 0.1) is 5.92 Å². The molecule has 1 aromatic heterocycles. The van der Waals surface area contributed by atoms with E-state index in [1.807, 2.05) is 12.3 Å². The summed E-state index contributed by atoms with van der Waals surface area (Å²) in [6, 6.07) is 2.01. The second-order valence-electron chi connectivity index (χ2n) is 6.82. The van der Waals surface area contributed by atoms with Crippen LogP contribution in [0.3, 0.4) is 0 Å². The number of anilines is 1. The molecule has 0 atom stereocenters. The molecule has 1 amide bonds. The highest BCUT2D eigenvalue weighted by molar-refractivity contribution is 5.77. The lowest BCUT2D eigenvalue weighted by Crippen LogP contribution is -2.42. The third-order valence-electron chi connectivity index (χ3n) is 4.88. The quantitative estimate of drug-likeness (QED) is 0.855. The van der Waals surface area contributed by atoms with Crippen LogP contribution in [0.1, 0.15) is 37.4 Å². The zero-order chi connectivity index (χ0) is 16.2. The molecule has 3 rings (SSSR count). The van der Waals surface area contributed by atoms with Gasteiger partial charge in [0.05, 0.1) is 6.54 Å². The first kappa shape index (κ1) is 16.2. The second-order valence-corrected chi connectivity index (χ2v) is 6.82. The van der Waals surface area contributed by atoms with Crippen LogP contribution >= 0.6 is 0 Å². The Morgan fingerprint density at radius 3 is 2.74 bits per heavy atom. The van der Waals surface area contributed by atoms with Gasteiger partial charge in [0.2, 0.25) is 5.91 Å². The molecule has 2 aliphatic rings. The van der Waals surface area contributed by atoms with Crippen LogP contribution in [0.5, 0.6) is 0 Å². The molecule has 1 aromatic rings. The van der Waals surface area contributed by atoms with Crippen LogP contribution in [-0.2, 0) is 4.79 Å². The van der Waals surface area contributed by atoms with Crippen molar-refractivity contribution in [3.05, 3.63) is 18.1 Å². The van der Waals surface area contributed by atoms with E-state index in [9.17, 15) is 4.79 Å². The zero-order valence-corrected chi connectivity index (χ0v) is 14.2. The number of carbonyl (C=O) groups is 1. The zero-order valence-electron chi connectivity index (χ0n) is 14.2. The number of nitrogens with zero attached hydrogens (tertiary/aromatic N) is 4. The van der Waals surface area contributed by atoms with E-state index in [1.165, 1.54) is 12.8 Å². The highest BCUT2D eigenvalue weighted by Crippen LogP contribution is 2.38. The molecule has 0 unspecified atom stereocenters. The molecule has 23 heavy (non-hydrogen) atoms. The lowest BCUT2D eigenvalue weighted by molar-refractivity contribution is -0.122. The number of hydrogen-bond donors (Lipinski definition) is 1. The van der Waals surface area contributed by atoms with Gasteiger partial charge >= 0.3 is 0 Å². The summed E-state index contributed by atoms with van der Waals surface area (Å²) in [5.74, 6) is 3.41. The molecule has 1 aliphatic heterocycles. The maximum absolute atomic E-state index is 11.4. The number of amides is 1. The maximum atomic E-state index is 11.4. The first-order valence-corrected chi connectivity index (χ1v) is 8.62. The summed E-state index contributed by atoms with van der Waals surface area (Å²) >= 11 is 0. The Morgan fingerprint density at radius 1 is 1.35 bits per heavy atom. The minimum Gasteiger partial charge on any atom is -0.359 e. The summed E-state index contributed by atoms with van der Waals surface area (Å²) in [5, 5.41) is 2.69. The van der Waals surface area contributed by atoms with E-state index < -0.39 is 0 Å². The van der Waals surface area contributed by atoms with Gasteiger partial charge in [0, 0.05) is 32.8 Å². The lowest BCUT2D eigenvalue weighted by Gasteiger charge is -2.33. The number of nitrogens with one attached hydrogen (secondary N) is 1. The van der Waals surface area contributed by atoms with Crippen molar-refractivity contribution in [2.45, 2.75) is 31.6 Å². The molecule has 6 nitrogen and oxygen atoms in total. The number of aromatic nitrogens is 2. The van der Waals surface area contributed by atoms with Gasteiger partial charge in [-0.15, -0.1) is 0 Å². The highest BCUT2D eigenvalue weighted by Gasteiger charge is 2.27. The van der Waals surface area contributed by atoms with E-state index >= 15 is 0 Å². The van der Waals surface area contributed by atoms with Crippen LogP contribution in [-0.4, -0.2) is 61.0 Å². The summed E-state index contributed by atoms with van der Waals surface area (Å²) in [7, 11) is 3.82. The molecule has 0 bridgehead atoms. The predicted octanol–water partition coefficient (Wildman–Crippen LogP) is 1.25. The van der Waals surface area contributed by atoms with Crippen molar-refractivity contribution in [1.82, 2.24) is 20.2 Å². The largest absolute Gasteiger partial charge is 0.359 e. The second kappa shape index (κ2) is 7.25. The lowest BCUT2D eigenvalue weighted by atomic mass is 9.96. The van der Waals surface area contributed by atoms with E-state index in [2.05, 4.69) is 27.1 Å². The van der Waals surface area contributed by atoms with Gasteiger partial charge in [-0.2, -0.15) is 0 Å². The number of piperidine rings is 1. The van der Waals surface area contributed by atoms with Gasteiger partial charge in [-0.1, -0.05) is 0 Å². The Labute approximate surface area is 138 Å². The van der Waals surface area contributed by atoms with Gasteiger partial charge in [-0.3, -0.25) is 9.69 Å². The Balaban J connectivity index is 1.48. The molecular weight excluding hydrogens is 290 g/mol. The molecule has 1 saturated carbocycles. The van der Waals surface area contributed by atoms with Gasteiger partial charge in [0.15, 0.2) is 0 Å². The highest BCUT2D eigenvalue weighted by atomic mass is 16.1. The molecule has 126 valence electrons. The molecule has 6 heteroatoms. The number of likely N-dealkylation sites (tertiary alicyclic amines) is 1. The molecule has 2 heterocycles. The summed E-state index contributed by atoms with van der Waals surface area (Å²) < 4.78 is 0. The number of carbonyl (C=O) groups excluding carboxylic acids is 1. The minimum atomic E-state index is 0.106. The topological polar surface area (TPSA) is 61.4 Å². The average molecular weight is 317 g/mol. The van der Waals surface area contributed by atoms with E-state index in [1.54, 1.807) is 7.05 Å². The van der Waals surface area contributed by atoms with Gasteiger partial charge in [0.25, 0.3) is 0 Å². The summed E-state index contributed by atoms with van der Waals surface area (Å²) in [5.41, 5.74) is 0. The average Bonchev–Trinajstić information content (AvgIpc) is 3.41. The maximum Gasteiger partial charge on any atom is 0.233 e. The smallest absolute Gasteiger partial charge is 0.233 e. The van der Waals surface area contributed by atoms with E-state index in [4.69, 9.17) is 4.98 Å². The Morgan fingerprint density at radius 2 is 2.09 bits per heavy atom. The van der Waals surface area contributed by atoms with Gasteiger partial charge in [0.1, 0.15) is 11.6 Å². The summed E-state index contributed by atoms with van der Waals surface area (Å²) in [6.45, 7) is 3.55. The number of hydrogen-bond acceptors (Lipinski definition) is 5. The first-order chi connectivity index (χ1) is 11.2. The van der Waals surface area contributed by atoms with E-state index in [0.29, 0.717) is 18.4 Å². The molecule has 2 fully saturated rings. The Kier molecular flexibility index (Phi) is 5.10. The van der Waals surface area contributed by atoms with Gasteiger partial charge in [-0.25, -0.2) is 9.97 Å². The van der Waals surface area contributed by atoms with Crippen molar-refractivity contribution in [3.8, 4) is 0 Å². The van der Waals surface area contributed by atoms with Crippen molar-refractivity contribution < 1.29 is 4.79 Å². The summed E-state index contributed by atoms with van der Waals surface area (Å²) in [4.78, 5) is 25.0. The fourth-order valence-corrected chi connectivity index (χ4v) is 3.20. The van der Waals surface area contributed by atoms with Crippen molar-refractivity contribution in [1.29, 1.82) is 0 Å². The SMILES string of the molecule is CNC(=O)CN1CCC(CN(C)c2ccnc(C3CC3)n2)CC1. The molecule has 1 aliphatic carbocycles. The molecule has 0 radical (unpaired) electrons. The van der Waals surface area contributed by atoms with Gasteiger partial charge < -0.3 is 10.2 Å². The molecular formula is C17H27N5O. The van der Waals surface area contributed by atoms with Crippen molar-refractivity contribution in [2.24, 2.45) is 5.92 Å². The number of rotatable bonds is 6. The number of likely N-dealkylation sites (N-methyl/N-ethyl adjacent to an activating group) is 1. The molecule has 1 saturated heterocycles. The monoisotopic (exact) mass is 317 g/mol. The molecule has 0 aromatic carbocycles. The van der Waals surface area contributed by atoms with E-state index in [0.717, 1.165) is 44.1 Å². The van der Waals surface area contributed by atoms with E-state index in [-0.39, 0.29) is 5.91 Å². The Hall–Kier alpha value is -1.69. The van der Waals surface area contributed by atoms with Crippen molar-refractivity contribution >= 4 is 11.7 Å². The third kappa shape index (κ3) is 4.41.